The molecule has 100 valence electrons. The first kappa shape index (κ1) is 14.0. The van der Waals surface area contributed by atoms with Crippen LogP contribution in [-0.4, -0.2) is 11.5 Å². The summed E-state index contributed by atoms with van der Waals surface area (Å²) in [4.78, 5) is 3.79. The summed E-state index contributed by atoms with van der Waals surface area (Å²) in [6, 6.07) is 8.98. The minimum atomic E-state index is -0.300. The number of nitrogens with one attached hydrogen (secondary N) is 1. The highest BCUT2D eigenvalue weighted by atomic mass is 35.5. The molecule has 0 fully saturated rings. The van der Waals surface area contributed by atoms with Crippen molar-refractivity contribution < 1.29 is 4.39 Å². The van der Waals surface area contributed by atoms with Crippen LogP contribution >= 0.6 is 11.6 Å². The molecule has 1 unspecified atom stereocenters. The Bertz CT molecular complexity index is 528. The lowest BCUT2D eigenvalue weighted by atomic mass is 9.99. The van der Waals surface area contributed by atoms with E-state index in [2.05, 4.69) is 17.2 Å². The molecule has 1 aromatic heterocycles. The molecule has 0 saturated carbocycles. The normalized spacial score (nSPS) is 12.4. The van der Waals surface area contributed by atoms with Gasteiger partial charge in [-0.2, -0.15) is 0 Å². The zero-order chi connectivity index (χ0) is 13.7. The fourth-order valence-corrected chi connectivity index (χ4v) is 2.10. The van der Waals surface area contributed by atoms with E-state index in [0.717, 1.165) is 18.5 Å². The van der Waals surface area contributed by atoms with Crippen LogP contribution in [0.2, 0.25) is 5.02 Å². The van der Waals surface area contributed by atoms with Crippen molar-refractivity contribution in [2.75, 3.05) is 6.54 Å². The van der Waals surface area contributed by atoms with Gasteiger partial charge in [-0.15, -0.1) is 0 Å². The standard InChI is InChI=1S/C15H16ClFN2/c1-2-8-19-15(11-3-5-12(16)6-4-11)13-7-9-18-10-14(13)17/h3-7,9-10,15,19H,2,8H2,1H3. The van der Waals surface area contributed by atoms with Crippen molar-refractivity contribution in [1.82, 2.24) is 10.3 Å². The Labute approximate surface area is 117 Å². The van der Waals surface area contributed by atoms with E-state index < -0.39 is 0 Å². The molecule has 0 amide bonds. The maximum absolute atomic E-state index is 13.9. The van der Waals surface area contributed by atoms with Crippen LogP contribution in [0.3, 0.4) is 0 Å². The van der Waals surface area contributed by atoms with Gasteiger partial charge in [-0.25, -0.2) is 4.39 Å². The van der Waals surface area contributed by atoms with Crippen LogP contribution in [0.1, 0.15) is 30.5 Å². The molecule has 0 radical (unpaired) electrons. The van der Waals surface area contributed by atoms with Gasteiger partial charge in [0.05, 0.1) is 12.2 Å². The highest BCUT2D eigenvalue weighted by Gasteiger charge is 2.16. The number of pyridine rings is 1. The van der Waals surface area contributed by atoms with Gasteiger partial charge >= 0.3 is 0 Å². The zero-order valence-electron chi connectivity index (χ0n) is 10.7. The Kier molecular flexibility index (Phi) is 4.88. The average Bonchev–Trinajstić information content (AvgIpc) is 2.43. The smallest absolute Gasteiger partial charge is 0.146 e. The van der Waals surface area contributed by atoms with Crippen molar-refractivity contribution in [2.24, 2.45) is 0 Å². The molecule has 0 aliphatic heterocycles. The van der Waals surface area contributed by atoms with Crippen LogP contribution < -0.4 is 5.32 Å². The van der Waals surface area contributed by atoms with E-state index in [1.165, 1.54) is 6.20 Å². The molecule has 1 aromatic carbocycles. The van der Waals surface area contributed by atoms with Gasteiger partial charge in [-0.1, -0.05) is 30.7 Å². The second-order valence-electron chi connectivity index (χ2n) is 4.34. The molecule has 0 aliphatic rings. The predicted molar refractivity (Wildman–Crippen MR) is 75.8 cm³/mol. The lowest BCUT2D eigenvalue weighted by Gasteiger charge is -2.20. The summed E-state index contributed by atoms with van der Waals surface area (Å²) in [5, 5.41) is 4.03. The van der Waals surface area contributed by atoms with Crippen molar-refractivity contribution in [2.45, 2.75) is 19.4 Å². The summed E-state index contributed by atoms with van der Waals surface area (Å²) >= 11 is 5.89. The topological polar surface area (TPSA) is 24.9 Å². The molecule has 1 N–H and O–H groups in total. The lowest BCUT2D eigenvalue weighted by molar-refractivity contribution is 0.543. The van der Waals surface area contributed by atoms with Crippen LogP contribution in [0.15, 0.2) is 42.7 Å². The van der Waals surface area contributed by atoms with Crippen molar-refractivity contribution in [1.29, 1.82) is 0 Å². The molecule has 2 rings (SSSR count). The molecule has 0 saturated heterocycles. The van der Waals surface area contributed by atoms with Crippen molar-refractivity contribution in [3.8, 4) is 0 Å². The van der Waals surface area contributed by atoms with Gasteiger partial charge in [0.2, 0.25) is 0 Å². The Morgan fingerprint density at radius 2 is 2.00 bits per heavy atom. The van der Waals surface area contributed by atoms with Crippen LogP contribution in [0.25, 0.3) is 0 Å². The molecular formula is C15H16ClFN2. The van der Waals surface area contributed by atoms with Gasteiger partial charge in [0.15, 0.2) is 0 Å². The Morgan fingerprint density at radius 1 is 1.26 bits per heavy atom. The first-order valence-electron chi connectivity index (χ1n) is 6.30. The lowest BCUT2D eigenvalue weighted by Crippen LogP contribution is -2.24. The highest BCUT2D eigenvalue weighted by molar-refractivity contribution is 6.30. The van der Waals surface area contributed by atoms with Gasteiger partial charge in [0, 0.05) is 16.8 Å². The van der Waals surface area contributed by atoms with Gasteiger partial charge in [-0.05, 0) is 36.7 Å². The maximum atomic E-state index is 13.9. The molecule has 19 heavy (non-hydrogen) atoms. The van der Waals surface area contributed by atoms with Gasteiger partial charge in [0.1, 0.15) is 5.82 Å². The molecule has 0 spiro atoms. The molecule has 1 atom stereocenters. The van der Waals surface area contributed by atoms with Gasteiger partial charge < -0.3 is 5.32 Å². The van der Waals surface area contributed by atoms with Crippen molar-refractivity contribution in [3.63, 3.8) is 0 Å². The Hall–Kier alpha value is -1.45. The van der Waals surface area contributed by atoms with Crippen LogP contribution in [0.5, 0.6) is 0 Å². The Balaban J connectivity index is 2.35. The maximum Gasteiger partial charge on any atom is 0.146 e. The van der Waals surface area contributed by atoms with E-state index in [1.54, 1.807) is 12.3 Å². The minimum Gasteiger partial charge on any atom is -0.306 e. The summed E-state index contributed by atoms with van der Waals surface area (Å²) in [5.74, 6) is -0.300. The number of aromatic nitrogens is 1. The summed E-state index contributed by atoms with van der Waals surface area (Å²) < 4.78 is 13.9. The largest absolute Gasteiger partial charge is 0.306 e. The monoisotopic (exact) mass is 278 g/mol. The van der Waals surface area contributed by atoms with Crippen LogP contribution in [-0.2, 0) is 0 Å². The van der Waals surface area contributed by atoms with E-state index in [4.69, 9.17) is 11.6 Å². The fourth-order valence-electron chi connectivity index (χ4n) is 1.97. The number of nitrogens with zero attached hydrogens (tertiary/aromatic N) is 1. The highest BCUT2D eigenvalue weighted by Crippen LogP contribution is 2.25. The molecule has 0 aliphatic carbocycles. The van der Waals surface area contributed by atoms with Crippen LogP contribution in [0.4, 0.5) is 4.39 Å². The number of benzene rings is 1. The summed E-state index contributed by atoms with van der Waals surface area (Å²) in [6.45, 7) is 2.89. The number of halogens is 2. The summed E-state index contributed by atoms with van der Waals surface area (Å²) in [7, 11) is 0. The van der Waals surface area contributed by atoms with Gasteiger partial charge in [-0.3, -0.25) is 4.98 Å². The first-order chi connectivity index (χ1) is 9.22. The minimum absolute atomic E-state index is 0.180. The van der Waals surface area contributed by atoms with E-state index in [1.807, 2.05) is 24.3 Å². The van der Waals surface area contributed by atoms with Crippen molar-refractivity contribution in [3.05, 3.63) is 64.7 Å². The third kappa shape index (κ3) is 3.52. The van der Waals surface area contributed by atoms with Crippen LogP contribution in [0, 0.1) is 5.82 Å². The summed E-state index contributed by atoms with van der Waals surface area (Å²) in [5.41, 5.74) is 1.59. The number of hydrogen-bond donors (Lipinski definition) is 1. The van der Waals surface area contributed by atoms with E-state index in [9.17, 15) is 4.39 Å². The number of rotatable bonds is 5. The fraction of sp³-hybridized carbons (Fsp3) is 0.267. The van der Waals surface area contributed by atoms with E-state index in [-0.39, 0.29) is 11.9 Å². The van der Waals surface area contributed by atoms with E-state index >= 15 is 0 Å². The summed E-state index contributed by atoms with van der Waals surface area (Å²) in [6.07, 6.45) is 3.83. The van der Waals surface area contributed by atoms with Crippen molar-refractivity contribution >= 4 is 11.6 Å². The molecule has 2 aromatic rings. The first-order valence-corrected chi connectivity index (χ1v) is 6.68. The molecule has 1 heterocycles. The third-order valence-corrected chi connectivity index (χ3v) is 3.17. The Morgan fingerprint density at radius 3 is 2.63 bits per heavy atom. The third-order valence-electron chi connectivity index (χ3n) is 2.92. The molecular weight excluding hydrogens is 263 g/mol. The molecule has 2 nitrogen and oxygen atoms in total. The van der Waals surface area contributed by atoms with Gasteiger partial charge in [0.25, 0.3) is 0 Å². The quantitative estimate of drug-likeness (QED) is 0.895. The number of hydrogen-bond acceptors (Lipinski definition) is 2. The molecule has 4 heteroatoms. The zero-order valence-corrected chi connectivity index (χ0v) is 11.5. The second-order valence-corrected chi connectivity index (χ2v) is 4.77. The predicted octanol–water partition coefficient (Wildman–Crippen LogP) is 3.96. The molecule has 0 bridgehead atoms. The second kappa shape index (κ2) is 6.64. The SMILES string of the molecule is CCCNC(c1ccc(Cl)cc1)c1ccncc1F. The average molecular weight is 279 g/mol. The van der Waals surface area contributed by atoms with E-state index in [0.29, 0.717) is 10.6 Å².